The summed E-state index contributed by atoms with van der Waals surface area (Å²) < 4.78 is 38.2. The molecule has 0 fully saturated rings. The maximum absolute atomic E-state index is 13.6. The highest BCUT2D eigenvalue weighted by atomic mass is 19.1. The van der Waals surface area contributed by atoms with E-state index in [1.807, 2.05) is 6.07 Å². The Morgan fingerprint density at radius 3 is 2.03 bits per heavy atom. The van der Waals surface area contributed by atoms with Gasteiger partial charge in [0.25, 0.3) is 0 Å². The first-order valence-corrected chi connectivity index (χ1v) is 10.2. The molecule has 1 aliphatic rings. The van der Waals surface area contributed by atoms with E-state index < -0.39 is 35.6 Å². The number of esters is 2. The minimum absolute atomic E-state index is 0.156. The number of halogens is 2. The van der Waals surface area contributed by atoms with Crippen molar-refractivity contribution in [2.45, 2.75) is 18.9 Å². The molecule has 0 N–H and O–H groups in total. The SMILES string of the molecule is CCOC(=O)C(c1ccccc1)C1OC(=O)C(c2ccc(F)cc2)=C1c1ccc(F)cc1. The lowest BCUT2D eigenvalue weighted by Gasteiger charge is -2.24. The monoisotopic (exact) mass is 434 g/mol. The highest BCUT2D eigenvalue weighted by molar-refractivity contribution is 6.28. The summed E-state index contributed by atoms with van der Waals surface area (Å²) in [5.41, 5.74) is 2.19. The van der Waals surface area contributed by atoms with E-state index >= 15 is 0 Å². The molecule has 0 amide bonds. The third kappa shape index (κ3) is 4.17. The summed E-state index contributed by atoms with van der Waals surface area (Å²) in [6, 6.07) is 19.9. The minimum atomic E-state index is -1.01. The van der Waals surface area contributed by atoms with Gasteiger partial charge in [-0.3, -0.25) is 4.79 Å². The Labute approximate surface area is 184 Å². The molecule has 0 bridgehead atoms. The van der Waals surface area contributed by atoms with Crippen LogP contribution in [0.5, 0.6) is 0 Å². The number of carbonyl (C=O) groups excluding carboxylic acids is 2. The van der Waals surface area contributed by atoms with Crippen LogP contribution in [0.25, 0.3) is 11.1 Å². The molecule has 0 radical (unpaired) electrons. The second-order valence-electron chi connectivity index (χ2n) is 7.27. The first-order valence-electron chi connectivity index (χ1n) is 10.2. The second-order valence-corrected chi connectivity index (χ2v) is 7.27. The molecule has 2 unspecified atom stereocenters. The first kappa shape index (κ1) is 21.4. The summed E-state index contributed by atoms with van der Waals surface area (Å²) in [6.07, 6.45) is -1.01. The van der Waals surface area contributed by atoms with Crippen molar-refractivity contribution < 1.29 is 27.8 Å². The maximum Gasteiger partial charge on any atom is 0.339 e. The third-order valence-electron chi connectivity index (χ3n) is 5.28. The summed E-state index contributed by atoms with van der Waals surface area (Å²) in [5, 5.41) is 0. The van der Waals surface area contributed by atoms with Crippen LogP contribution in [0.3, 0.4) is 0 Å². The van der Waals surface area contributed by atoms with E-state index in [-0.39, 0.29) is 12.2 Å². The Bertz CT molecular complexity index is 1150. The van der Waals surface area contributed by atoms with Gasteiger partial charge in [-0.25, -0.2) is 13.6 Å². The first-order chi connectivity index (χ1) is 15.5. The Balaban J connectivity index is 1.93. The molecule has 4 rings (SSSR count). The van der Waals surface area contributed by atoms with E-state index in [4.69, 9.17) is 9.47 Å². The van der Waals surface area contributed by atoms with Gasteiger partial charge in [-0.2, -0.15) is 0 Å². The number of rotatable bonds is 6. The Morgan fingerprint density at radius 1 is 0.906 bits per heavy atom. The quantitative estimate of drug-likeness (QED) is 0.504. The fourth-order valence-electron chi connectivity index (χ4n) is 3.87. The summed E-state index contributed by atoms with van der Waals surface area (Å²) in [7, 11) is 0. The standard InChI is InChI=1S/C26H20F2O4/c1-2-31-25(29)23(16-6-4-3-5-7-16)24-21(17-8-12-19(27)13-9-17)22(26(30)32-24)18-10-14-20(28)15-11-18/h3-15,23-24H,2H2,1H3. The lowest BCUT2D eigenvalue weighted by Crippen LogP contribution is -2.30. The number of cyclic esters (lactones) is 1. The second kappa shape index (κ2) is 9.14. The number of carbonyl (C=O) groups is 2. The zero-order chi connectivity index (χ0) is 22.7. The highest BCUT2D eigenvalue weighted by Crippen LogP contribution is 2.43. The average Bonchev–Trinajstić information content (AvgIpc) is 3.12. The zero-order valence-corrected chi connectivity index (χ0v) is 17.3. The van der Waals surface area contributed by atoms with Gasteiger partial charge in [-0.1, -0.05) is 54.6 Å². The van der Waals surface area contributed by atoms with Gasteiger partial charge in [0.05, 0.1) is 12.2 Å². The smallest absolute Gasteiger partial charge is 0.339 e. The fourth-order valence-corrected chi connectivity index (χ4v) is 3.87. The van der Waals surface area contributed by atoms with Crippen molar-refractivity contribution in [1.82, 2.24) is 0 Å². The van der Waals surface area contributed by atoms with E-state index in [0.717, 1.165) is 0 Å². The van der Waals surface area contributed by atoms with Crippen molar-refractivity contribution in [3.05, 3.63) is 107 Å². The molecule has 32 heavy (non-hydrogen) atoms. The molecule has 0 saturated heterocycles. The van der Waals surface area contributed by atoms with Crippen LogP contribution < -0.4 is 0 Å². The topological polar surface area (TPSA) is 52.6 Å². The molecule has 1 aliphatic heterocycles. The molecule has 3 aromatic carbocycles. The molecule has 162 valence electrons. The van der Waals surface area contributed by atoms with Gasteiger partial charge in [0, 0.05) is 5.57 Å². The summed E-state index contributed by atoms with van der Waals surface area (Å²) in [5.74, 6) is -3.01. The number of ether oxygens (including phenoxy) is 2. The van der Waals surface area contributed by atoms with Crippen LogP contribution in [0.1, 0.15) is 29.5 Å². The summed E-state index contributed by atoms with van der Waals surface area (Å²) in [4.78, 5) is 26.0. The Hall–Kier alpha value is -3.80. The van der Waals surface area contributed by atoms with Crippen molar-refractivity contribution in [2.75, 3.05) is 6.61 Å². The Morgan fingerprint density at radius 2 is 1.47 bits per heavy atom. The summed E-state index contributed by atoms with van der Waals surface area (Å²) >= 11 is 0. The minimum Gasteiger partial charge on any atom is -0.465 e. The van der Waals surface area contributed by atoms with Crippen LogP contribution in [0, 0.1) is 11.6 Å². The molecule has 1 heterocycles. The van der Waals surface area contributed by atoms with E-state index in [2.05, 4.69) is 0 Å². The van der Waals surface area contributed by atoms with Crippen molar-refractivity contribution >= 4 is 23.1 Å². The van der Waals surface area contributed by atoms with Gasteiger partial charge in [0.2, 0.25) is 0 Å². The van der Waals surface area contributed by atoms with Gasteiger partial charge in [0.1, 0.15) is 23.7 Å². The molecular weight excluding hydrogens is 414 g/mol. The number of hydrogen-bond acceptors (Lipinski definition) is 4. The molecule has 3 aromatic rings. The van der Waals surface area contributed by atoms with Gasteiger partial charge in [0.15, 0.2) is 0 Å². The van der Waals surface area contributed by atoms with E-state index in [0.29, 0.717) is 22.3 Å². The van der Waals surface area contributed by atoms with Gasteiger partial charge >= 0.3 is 11.9 Å². The average molecular weight is 434 g/mol. The zero-order valence-electron chi connectivity index (χ0n) is 17.3. The predicted octanol–water partition coefficient (Wildman–Crippen LogP) is 5.15. The van der Waals surface area contributed by atoms with Crippen molar-refractivity contribution in [1.29, 1.82) is 0 Å². The largest absolute Gasteiger partial charge is 0.465 e. The molecule has 0 aliphatic carbocycles. The lowest BCUT2D eigenvalue weighted by atomic mass is 9.84. The molecule has 0 aromatic heterocycles. The molecule has 0 saturated carbocycles. The van der Waals surface area contributed by atoms with Gasteiger partial charge in [-0.15, -0.1) is 0 Å². The van der Waals surface area contributed by atoms with E-state index in [1.165, 1.54) is 48.5 Å². The molecule has 4 nitrogen and oxygen atoms in total. The van der Waals surface area contributed by atoms with E-state index in [1.54, 1.807) is 31.2 Å². The Kier molecular flexibility index (Phi) is 6.12. The van der Waals surface area contributed by atoms with Crippen LogP contribution in [0.4, 0.5) is 8.78 Å². The lowest BCUT2D eigenvalue weighted by molar-refractivity contribution is -0.150. The van der Waals surface area contributed by atoms with Gasteiger partial charge in [-0.05, 0) is 47.9 Å². The third-order valence-corrected chi connectivity index (χ3v) is 5.28. The number of hydrogen-bond donors (Lipinski definition) is 0. The van der Waals surface area contributed by atoms with Crippen LogP contribution in [-0.4, -0.2) is 24.6 Å². The van der Waals surface area contributed by atoms with Crippen LogP contribution in [0.2, 0.25) is 0 Å². The predicted molar refractivity (Wildman–Crippen MR) is 115 cm³/mol. The molecule has 0 spiro atoms. The van der Waals surface area contributed by atoms with E-state index in [9.17, 15) is 18.4 Å². The van der Waals surface area contributed by atoms with Crippen LogP contribution >= 0.6 is 0 Å². The normalized spacial score (nSPS) is 16.6. The summed E-state index contributed by atoms with van der Waals surface area (Å²) in [6.45, 7) is 1.85. The highest BCUT2D eigenvalue weighted by Gasteiger charge is 2.44. The van der Waals surface area contributed by atoms with Crippen molar-refractivity contribution in [3.8, 4) is 0 Å². The van der Waals surface area contributed by atoms with Crippen LogP contribution in [0.15, 0.2) is 78.9 Å². The maximum atomic E-state index is 13.6. The number of benzene rings is 3. The fraction of sp³-hybridized carbons (Fsp3) is 0.154. The van der Waals surface area contributed by atoms with Crippen molar-refractivity contribution in [3.63, 3.8) is 0 Å². The molecule has 6 heteroatoms. The molecule has 2 atom stereocenters. The van der Waals surface area contributed by atoms with Gasteiger partial charge < -0.3 is 9.47 Å². The van der Waals surface area contributed by atoms with Crippen LogP contribution in [-0.2, 0) is 19.1 Å². The molecular formula is C26H20F2O4. The van der Waals surface area contributed by atoms with Crippen molar-refractivity contribution in [2.24, 2.45) is 0 Å².